The van der Waals surface area contributed by atoms with E-state index in [4.69, 9.17) is 0 Å². The molecule has 1 rings (SSSR count). The Labute approximate surface area is 88.6 Å². The largest absolute Gasteiger partial charge is 0.316 e. The molecule has 1 nitrogen and oxygen atoms in total. The van der Waals surface area contributed by atoms with Gasteiger partial charge in [-0.25, -0.2) is 0 Å². The molecule has 0 aromatic heterocycles. The predicted octanol–water partition coefficient (Wildman–Crippen LogP) is 3.45. The van der Waals surface area contributed by atoms with Crippen LogP contribution in [0.15, 0.2) is 35.5 Å². The zero-order chi connectivity index (χ0) is 10.8. The molecular formula is C13H23N. The first kappa shape index (κ1) is 13.2. The molecule has 0 aromatic rings. The summed E-state index contributed by atoms with van der Waals surface area (Å²) in [7, 11) is 1.97. The number of likely N-dealkylation sites (N-methyl/N-ethyl adjacent to an activating group) is 1. The van der Waals surface area contributed by atoms with Crippen molar-refractivity contribution in [2.45, 2.75) is 33.6 Å². The number of nitrogens with one attached hydrogen (secondary N) is 1. The maximum absolute atomic E-state index is 3.12. The zero-order valence-corrected chi connectivity index (χ0v) is 9.93. The van der Waals surface area contributed by atoms with E-state index in [-0.39, 0.29) is 0 Å². The zero-order valence-electron chi connectivity index (χ0n) is 9.93. The number of allylic oxidation sites excluding steroid dienone is 5. The van der Waals surface area contributed by atoms with E-state index < -0.39 is 0 Å². The molecule has 80 valence electrons. The first-order chi connectivity index (χ1) is 6.84. The lowest BCUT2D eigenvalue weighted by Crippen LogP contribution is -2.05. The van der Waals surface area contributed by atoms with Gasteiger partial charge in [0.25, 0.3) is 0 Å². The van der Waals surface area contributed by atoms with Crippen molar-refractivity contribution < 1.29 is 0 Å². The Kier molecular flexibility index (Phi) is 8.25. The quantitative estimate of drug-likeness (QED) is 0.724. The molecule has 0 aromatic carbocycles. The van der Waals surface area contributed by atoms with E-state index in [2.05, 4.69) is 36.5 Å². The minimum atomic E-state index is 0.965. The van der Waals surface area contributed by atoms with Crippen molar-refractivity contribution >= 4 is 0 Å². The van der Waals surface area contributed by atoms with Crippen LogP contribution in [0.2, 0.25) is 0 Å². The molecular weight excluding hydrogens is 170 g/mol. The van der Waals surface area contributed by atoms with Gasteiger partial charge in [-0.3, -0.25) is 0 Å². The van der Waals surface area contributed by atoms with Crippen LogP contribution >= 0.6 is 0 Å². The highest BCUT2D eigenvalue weighted by molar-refractivity contribution is 5.34. The molecule has 14 heavy (non-hydrogen) atoms. The molecule has 0 amide bonds. The van der Waals surface area contributed by atoms with Crippen LogP contribution < -0.4 is 5.32 Å². The fraction of sp³-hybridized carbons (Fsp3) is 0.538. The van der Waals surface area contributed by atoms with Crippen molar-refractivity contribution in [1.29, 1.82) is 0 Å². The normalized spacial score (nSPS) is 15.7. The smallest absolute Gasteiger partial charge is 0.0137 e. The summed E-state index contributed by atoms with van der Waals surface area (Å²) in [6.45, 7) is 7.15. The average molecular weight is 193 g/mol. The topological polar surface area (TPSA) is 12.0 Å². The summed E-state index contributed by atoms with van der Waals surface area (Å²) in [4.78, 5) is 0. The predicted molar refractivity (Wildman–Crippen MR) is 65.5 cm³/mol. The van der Waals surface area contributed by atoms with Crippen molar-refractivity contribution in [3.05, 3.63) is 35.5 Å². The van der Waals surface area contributed by atoms with Gasteiger partial charge < -0.3 is 5.32 Å². The lowest BCUT2D eigenvalue weighted by molar-refractivity contribution is 0.904. The summed E-state index contributed by atoms with van der Waals surface area (Å²) < 4.78 is 0. The molecule has 1 aliphatic carbocycles. The van der Waals surface area contributed by atoms with Gasteiger partial charge in [-0.1, -0.05) is 43.7 Å². The summed E-state index contributed by atoms with van der Waals surface area (Å²) >= 11 is 0. The minimum Gasteiger partial charge on any atom is -0.316 e. The second-order valence-corrected chi connectivity index (χ2v) is 3.10. The summed E-state index contributed by atoms with van der Waals surface area (Å²) in [5.41, 5.74) is 2.89. The molecule has 0 spiro atoms. The van der Waals surface area contributed by atoms with Gasteiger partial charge >= 0.3 is 0 Å². The van der Waals surface area contributed by atoms with Crippen molar-refractivity contribution in [2.75, 3.05) is 13.6 Å². The molecule has 0 fully saturated rings. The second kappa shape index (κ2) is 8.76. The molecule has 1 N–H and O–H groups in total. The Balaban J connectivity index is 0.000000791. The Morgan fingerprint density at radius 3 is 2.71 bits per heavy atom. The third-order valence-electron chi connectivity index (χ3n) is 2.13. The lowest BCUT2D eigenvalue weighted by atomic mass is 9.98. The van der Waals surface area contributed by atoms with Crippen LogP contribution in [0, 0.1) is 0 Å². The fourth-order valence-corrected chi connectivity index (χ4v) is 1.32. The van der Waals surface area contributed by atoms with Crippen molar-refractivity contribution in [3.8, 4) is 0 Å². The van der Waals surface area contributed by atoms with Crippen LogP contribution in [-0.2, 0) is 0 Å². The molecule has 0 unspecified atom stereocenters. The molecule has 1 aliphatic rings. The van der Waals surface area contributed by atoms with Gasteiger partial charge in [0.2, 0.25) is 0 Å². The standard InChI is InChI=1S/C11H17N.C2H6/c1-10(8-9-12-2)11-6-4-3-5-7-11;1-2/h3-4,6,8,12H,5,7,9H2,1-2H3;1-2H3/b10-8+;. The Morgan fingerprint density at radius 1 is 1.50 bits per heavy atom. The van der Waals surface area contributed by atoms with E-state index >= 15 is 0 Å². The summed E-state index contributed by atoms with van der Waals surface area (Å²) in [5, 5.41) is 3.12. The van der Waals surface area contributed by atoms with Gasteiger partial charge in [0.1, 0.15) is 0 Å². The molecule has 0 atom stereocenters. The average Bonchev–Trinajstić information content (AvgIpc) is 2.30. The summed E-state index contributed by atoms with van der Waals surface area (Å²) in [6.07, 6.45) is 11.2. The van der Waals surface area contributed by atoms with Crippen LogP contribution in [-0.4, -0.2) is 13.6 Å². The van der Waals surface area contributed by atoms with Crippen LogP contribution in [0.4, 0.5) is 0 Å². The van der Waals surface area contributed by atoms with Crippen LogP contribution in [0.5, 0.6) is 0 Å². The Bertz CT molecular complexity index is 221. The highest BCUT2D eigenvalue weighted by Crippen LogP contribution is 2.19. The first-order valence-corrected chi connectivity index (χ1v) is 5.52. The fourth-order valence-electron chi connectivity index (χ4n) is 1.32. The molecule has 0 saturated carbocycles. The minimum absolute atomic E-state index is 0.965. The highest BCUT2D eigenvalue weighted by atomic mass is 14.8. The first-order valence-electron chi connectivity index (χ1n) is 5.52. The van der Waals surface area contributed by atoms with Crippen molar-refractivity contribution in [1.82, 2.24) is 5.32 Å². The number of hydrogen-bond acceptors (Lipinski definition) is 1. The SMILES string of the molecule is CC.CNC/C=C(\C)C1=CC=CCC1. The molecule has 0 heterocycles. The van der Waals surface area contributed by atoms with E-state index in [9.17, 15) is 0 Å². The van der Waals surface area contributed by atoms with E-state index in [1.54, 1.807) is 0 Å². The van der Waals surface area contributed by atoms with E-state index in [0.29, 0.717) is 0 Å². The number of hydrogen-bond donors (Lipinski definition) is 1. The maximum atomic E-state index is 3.12. The van der Waals surface area contributed by atoms with E-state index in [0.717, 1.165) is 6.54 Å². The highest BCUT2D eigenvalue weighted by Gasteiger charge is 2.00. The van der Waals surface area contributed by atoms with Crippen LogP contribution in [0.3, 0.4) is 0 Å². The maximum Gasteiger partial charge on any atom is 0.0137 e. The van der Waals surface area contributed by atoms with E-state index in [1.807, 2.05) is 20.9 Å². The third kappa shape index (κ3) is 5.03. The van der Waals surface area contributed by atoms with Crippen LogP contribution in [0.1, 0.15) is 33.6 Å². The lowest BCUT2D eigenvalue weighted by Gasteiger charge is -2.09. The number of rotatable bonds is 3. The summed E-state index contributed by atoms with van der Waals surface area (Å²) in [6, 6.07) is 0. The van der Waals surface area contributed by atoms with Gasteiger partial charge in [-0.05, 0) is 32.4 Å². The van der Waals surface area contributed by atoms with Crippen molar-refractivity contribution in [2.24, 2.45) is 0 Å². The van der Waals surface area contributed by atoms with E-state index in [1.165, 1.54) is 24.0 Å². The van der Waals surface area contributed by atoms with Gasteiger partial charge in [-0.15, -0.1) is 0 Å². The van der Waals surface area contributed by atoms with Crippen LogP contribution in [0.25, 0.3) is 0 Å². The Hall–Kier alpha value is -0.820. The Morgan fingerprint density at radius 2 is 2.21 bits per heavy atom. The molecule has 1 heteroatoms. The molecule has 0 bridgehead atoms. The summed E-state index contributed by atoms with van der Waals surface area (Å²) in [5.74, 6) is 0. The van der Waals surface area contributed by atoms with Gasteiger partial charge in [0, 0.05) is 6.54 Å². The molecule has 0 aliphatic heterocycles. The van der Waals surface area contributed by atoms with Gasteiger partial charge in [0.05, 0.1) is 0 Å². The monoisotopic (exact) mass is 193 g/mol. The second-order valence-electron chi connectivity index (χ2n) is 3.10. The van der Waals surface area contributed by atoms with Gasteiger partial charge in [-0.2, -0.15) is 0 Å². The molecule has 0 radical (unpaired) electrons. The molecule has 0 saturated heterocycles. The van der Waals surface area contributed by atoms with Gasteiger partial charge in [0.15, 0.2) is 0 Å². The third-order valence-corrected chi connectivity index (χ3v) is 2.13. The van der Waals surface area contributed by atoms with Crippen molar-refractivity contribution in [3.63, 3.8) is 0 Å².